The normalized spacial score (nSPS) is 12.6. The second kappa shape index (κ2) is 5.68. The van der Waals surface area contributed by atoms with Crippen molar-refractivity contribution in [3.8, 4) is 11.5 Å². The van der Waals surface area contributed by atoms with Crippen molar-refractivity contribution in [2.24, 2.45) is 0 Å². The van der Waals surface area contributed by atoms with Crippen molar-refractivity contribution in [2.45, 2.75) is 19.6 Å². The van der Waals surface area contributed by atoms with Gasteiger partial charge in [-0.15, -0.1) is 10.2 Å². The summed E-state index contributed by atoms with van der Waals surface area (Å²) < 4.78 is 31.5. The minimum absolute atomic E-state index is 0.123. The van der Waals surface area contributed by atoms with E-state index >= 15 is 0 Å². The molecule has 2 aromatic rings. The van der Waals surface area contributed by atoms with Crippen LogP contribution in [-0.2, 0) is 6.54 Å². The molecule has 4 nitrogen and oxygen atoms in total. The fraction of sp³-hybridized carbons (Fsp3) is 0.333. The van der Waals surface area contributed by atoms with Gasteiger partial charge in [0.25, 0.3) is 5.89 Å². The Morgan fingerprint density at radius 2 is 2.28 bits per heavy atom. The Morgan fingerprint density at radius 1 is 1.44 bits per heavy atom. The highest BCUT2D eigenvalue weighted by Crippen LogP contribution is 2.24. The molecule has 0 aliphatic carbocycles. The van der Waals surface area contributed by atoms with Crippen molar-refractivity contribution < 1.29 is 13.2 Å². The second-order valence-electron chi connectivity index (χ2n) is 3.93. The third kappa shape index (κ3) is 2.89. The van der Waals surface area contributed by atoms with Gasteiger partial charge in [-0.25, -0.2) is 8.78 Å². The largest absolute Gasteiger partial charge is 0.423 e. The van der Waals surface area contributed by atoms with Crippen molar-refractivity contribution in [1.29, 1.82) is 0 Å². The average Bonchev–Trinajstić information content (AvgIpc) is 2.82. The Bertz CT molecular complexity index is 500. The Hall–Kier alpha value is -1.82. The maximum Gasteiger partial charge on any atom is 0.250 e. The van der Waals surface area contributed by atoms with Crippen LogP contribution in [0.4, 0.5) is 8.78 Å². The van der Waals surface area contributed by atoms with Crippen LogP contribution in [0, 0.1) is 5.82 Å². The molecule has 0 spiro atoms. The first kappa shape index (κ1) is 12.6. The smallest absolute Gasteiger partial charge is 0.250 e. The van der Waals surface area contributed by atoms with Crippen molar-refractivity contribution in [1.82, 2.24) is 15.5 Å². The van der Waals surface area contributed by atoms with E-state index in [0.29, 0.717) is 12.1 Å². The summed E-state index contributed by atoms with van der Waals surface area (Å²) in [5.74, 6) is -0.315. The van der Waals surface area contributed by atoms with Gasteiger partial charge in [0.2, 0.25) is 6.39 Å². The predicted octanol–water partition coefficient (Wildman–Crippen LogP) is 2.32. The quantitative estimate of drug-likeness (QED) is 0.888. The molecule has 2 rings (SSSR count). The lowest BCUT2D eigenvalue weighted by Crippen LogP contribution is -2.21. The summed E-state index contributed by atoms with van der Waals surface area (Å²) in [7, 11) is 0. The van der Waals surface area contributed by atoms with Crippen LogP contribution in [0.3, 0.4) is 0 Å². The second-order valence-corrected chi connectivity index (χ2v) is 3.93. The molecule has 18 heavy (non-hydrogen) atoms. The maximum atomic E-state index is 13.8. The molecular formula is C12H13F2N3O. The highest BCUT2D eigenvalue weighted by Gasteiger charge is 2.15. The lowest BCUT2D eigenvalue weighted by atomic mass is 10.1. The summed E-state index contributed by atoms with van der Waals surface area (Å²) in [5, 5.41) is 10.1. The molecule has 0 aliphatic heterocycles. The summed E-state index contributed by atoms with van der Waals surface area (Å²) in [4.78, 5) is 0. The number of benzene rings is 1. The van der Waals surface area contributed by atoms with Gasteiger partial charge in [-0.2, -0.15) is 0 Å². The lowest BCUT2D eigenvalue weighted by Gasteiger charge is -2.09. The molecule has 0 saturated heterocycles. The van der Waals surface area contributed by atoms with E-state index in [4.69, 9.17) is 4.42 Å². The Balaban J connectivity index is 2.22. The van der Waals surface area contributed by atoms with E-state index in [1.165, 1.54) is 13.0 Å². The van der Waals surface area contributed by atoms with Crippen molar-refractivity contribution in [3.05, 3.63) is 36.0 Å². The number of hydrogen-bond acceptors (Lipinski definition) is 4. The van der Waals surface area contributed by atoms with Gasteiger partial charge >= 0.3 is 0 Å². The number of nitrogens with zero attached hydrogens (tertiary/aromatic N) is 2. The van der Waals surface area contributed by atoms with Gasteiger partial charge in [-0.3, -0.25) is 0 Å². The first-order valence-corrected chi connectivity index (χ1v) is 5.57. The molecule has 1 aromatic carbocycles. The van der Waals surface area contributed by atoms with Gasteiger partial charge in [0.15, 0.2) is 0 Å². The van der Waals surface area contributed by atoms with Crippen LogP contribution in [0.15, 0.2) is 29.0 Å². The van der Waals surface area contributed by atoms with E-state index in [2.05, 4.69) is 15.5 Å². The first-order valence-electron chi connectivity index (χ1n) is 5.57. The molecule has 6 heteroatoms. The van der Waals surface area contributed by atoms with Gasteiger partial charge in [0, 0.05) is 13.1 Å². The van der Waals surface area contributed by atoms with Crippen LogP contribution in [0.2, 0.25) is 0 Å². The summed E-state index contributed by atoms with van der Waals surface area (Å²) in [6.07, 6.45) is 0.188. The van der Waals surface area contributed by atoms with Gasteiger partial charge in [0.1, 0.15) is 12.0 Å². The molecule has 0 amide bonds. The predicted molar refractivity (Wildman–Crippen MR) is 62.0 cm³/mol. The summed E-state index contributed by atoms with van der Waals surface area (Å²) in [5.41, 5.74) is 0.911. The van der Waals surface area contributed by atoms with E-state index < -0.39 is 12.0 Å². The summed E-state index contributed by atoms with van der Waals surface area (Å²) in [6, 6.07) is 4.64. The van der Waals surface area contributed by atoms with Gasteiger partial charge in [-0.05, 0) is 18.6 Å². The molecule has 0 aliphatic rings. The van der Waals surface area contributed by atoms with E-state index in [0.717, 1.165) is 6.39 Å². The molecule has 1 atom stereocenters. The zero-order chi connectivity index (χ0) is 13.0. The van der Waals surface area contributed by atoms with Crippen LogP contribution in [0.1, 0.15) is 12.5 Å². The third-order valence-corrected chi connectivity index (χ3v) is 2.41. The van der Waals surface area contributed by atoms with Gasteiger partial charge < -0.3 is 9.73 Å². The monoisotopic (exact) mass is 253 g/mol. The van der Waals surface area contributed by atoms with E-state index in [1.807, 2.05) is 0 Å². The van der Waals surface area contributed by atoms with Crippen molar-refractivity contribution in [2.75, 3.05) is 6.54 Å². The average molecular weight is 253 g/mol. The van der Waals surface area contributed by atoms with Crippen LogP contribution in [0.5, 0.6) is 0 Å². The highest BCUT2D eigenvalue weighted by atomic mass is 19.1. The fourth-order valence-electron chi connectivity index (χ4n) is 1.64. The number of halogens is 2. The number of rotatable bonds is 5. The van der Waals surface area contributed by atoms with Crippen LogP contribution in [0.25, 0.3) is 11.5 Å². The van der Waals surface area contributed by atoms with E-state index in [9.17, 15) is 8.78 Å². The number of aromatic nitrogens is 2. The van der Waals surface area contributed by atoms with Crippen molar-refractivity contribution >= 4 is 0 Å². The number of hydrogen-bond donors (Lipinski definition) is 1. The van der Waals surface area contributed by atoms with E-state index in [-0.39, 0.29) is 18.0 Å². The highest BCUT2D eigenvalue weighted by molar-refractivity contribution is 5.59. The zero-order valence-corrected chi connectivity index (χ0v) is 9.86. The molecule has 96 valence electrons. The van der Waals surface area contributed by atoms with Crippen LogP contribution < -0.4 is 5.32 Å². The summed E-state index contributed by atoms with van der Waals surface area (Å²) in [6.45, 7) is 2.00. The Labute approximate surface area is 103 Å². The van der Waals surface area contributed by atoms with Crippen LogP contribution >= 0.6 is 0 Å². The molecule has 0 saturated carbocycles. The minimum atomic E-state index is -0.953. The Morgan fingerprint density at radius 3 is 2.94 bits per heavy atom. The minimum Gasteiger partial charge on any atom is -0.423 e. The molecule has 0 fully saturated rings. The van der Waals surface area contributed by atoms with Crippen LogP contribution in [-0.4, -0.2) is 22.9 Å². The summed E-state index contributed by atoms with van der Waals surface area (Å²) >= 11 is 0. The molecule has 1 aromatic heterocycles. The third-order valence-electron chi connectivity index (χ3n) is 2.41. The molecule has 1 heterocycles. The number of alkyl halides is 1. The Kier molecular flexibility index (Phi) is 3.99. The van der Waals surface area contributed by atoms with Crippen molar-refractivity contribution in [3.63, 3.8) is 0 Å². The topological polar surface area (TPSA) is 51.0 Å². The van der Waals surface area contributed by atoms with Gasteiger partial charge in [-0.1, -0.05) is 12.1 Å². The molecular weight excluding hydrogens is 240 g/mol. The number of nitrogens with one attached hydrogen (secondary N) is 1. The fourth-order valence-corrected chi connectivity index (χ4v) is 1.64. The molecule has 0 radical (unpaired) electrons. The van der Waals surface area contributed by atoms with Gasteiger partial charge in [0.05, 0.1) is 5.56 Å². The first-order chi connectivity index (χ1) is 8.68. The lowest BCUT2D eigenvalue weighted by molar-refractivity contribution is 0.344. The molecule has 1 unspecified atom stereocenters. The zero-order valence-electron chi connectivity index (χ0n) is 9.86. The maximum absolute atomic E-state index is 13.8. The molecule has 0 bridgehead atoms. The SMILES string of the molecule is CC(F)CNCc1cccc(F)c1-c1nnco1. The standard InChI is InChI=1S/C12H13F2N3O/c1-8(13)5-15-6-9-3-2-4-10(14)11(9)12-17-16-7-18-12/h2-4,7-8,15H,5-6H2,1H3. The van der Waals surface area contributed by atoms with E-state index in [1.54, 1.807) is 12.1 Å². The molecule has 1 N–H and O–H groups in total.